The molecule has 3 amide bonds. The minimum Gasteiger partial charge on any atom is -0.497 e. The number of hydrogen-bond acceptors (Lipinski definition) is 7. The third kappa shape index (κ3) is 4.75. The van der Waals surface area contributed by atoms with E-state index in [0.29, 0.717) is 5.75 Å². The first-order valence-electron chi connectivity index (χ1n) is 13.4. The number of rotatable bonds is 8. The Morgan fingerprint density at radius 2 is 1.52 bits per heavy atom. The second-order valence-corrected chi connectivity index (χ2v) is 10.8. The van der Waals surface area contributed by atoms with Gasteiger partial charge >= 0.3 is 5.97 Å². The van der Waals surface area contributed by atoms with E-state index in [4.69, 9.17) is 21.1 Å². The monoisotopic (exact) mass is 584 g/mol. The minimum absolute atomic E-state index is 0.0607. The fourth-order valence-corrected chi connectivity index (χ4v) is 6.20. The number of esters is 1. The van der Waals surface area contributed by atoms with Gasteiger partial charge in [-0.15, -0.1) is 0 Å². The topological polar surface area (TPSA) is 110 Å². The molecule has 212 valence electrons. The molecule has 0 aromatic heterocycles. The maximum atomic E-state index is 13.7. The molecule has 3 aromatic carbocycles. The Morgan fingerprint density at radius 1 is 0.857 bits per heavy atom. The molecule has 4 atom stereocenters. The standard InChI is InChI=1S/C32H25ClN2O7/c1-41-23-6-4-5-21(16-23)32(40)42-22-13-11-18(12-14-22)26(36)17-34(29(37)24-7-2-3-8-25(24)33)35-30(38)27-19-9-10-20(15-19)28(27)31(35)39/h2-14,16,19-20,27-28H,15,17H2,1H3/t19-,20-,27+,28+/m0/s1. The molecule has 1 saturated heterocycles. The summed E-state index contributed by atoms with van der Waals surface area (Å²) in [6.45, 7) is -0.577. The number of hydrogen-bond donors (Lipinski definition) is 0. The molecule has 9 nitrogen and oxygen atoms in total. The number of hydrazine groups is 1. The smallest absolute Gasteiger partial charge is 0.343 e. The van der Waals surface area contributed by atoms with Crippen LogP contribution < -0.4 is 9.47 Å². The number of ether oxygens (including phenoxy) is 2. The summed E-state index contributed by atoms with van der Waals surface area (Å²) in [5.41, 5.74) is 0.538. The number of methoxy groups -OCH3 is 1. The van der Waals surface area contributed by atoms with Gasteiger partial charge in [-0.25, -0.2) is 9.80 Å². The van der Waals surface area contributed by atoms with Crippen molar-refractivity contribution in [2.75, 3.05) is 13.7 Å². The van der Waals surface area contributed by atoms with Crippen LogP contribution in [0.2, 0.25) is 5.02 Å². The van der Waals surface area contributed by atoms with E-state index in [9.17, 15) is 24.0 Å². The van der Waals surface area contributed by atoms with E-state index >= 15 is 0 Å². The number of carbonyl (C=O) groups is 5. The Bertz CT molecular complexity index is 1620. The Hall–Kier alpha value is -4.76. The van der Waals surface area contributed by atoms with E-state index < -0.39 is 47.9 Å². The molecule has 6 rings (SSSR count). The van der Waals surface area contributed by atoms with Gasteiger partial charge in [-0.3, -0.25) is 19.2 Å². The Morgan fingerprint density at radius 3 is 2.17 bits per heavy atom. The summed E-state index contributed by atoms with van der Waals surface area (Å²) in [5.74, 6) is -3.39. The van der Waals surface area contributed by atoms with Crippen LogP contribution in [0.1, 0.15) is 37.5 Å². The van der Waals surface area contributed by atoms with E-state index in [2.05, 4.69) is 0 Å². The first-order valence-corrected chi connectivity index (χ1v) is 13.8. The molecule has 2 aliphatic carbocycles. The molecule has 10 heteroatoms. The average molecular weight is 585 g/mol. The summed E-state index contributed by atoms with van der Waals surface area (Å²) in [4.78, 5) is 66.8. The number of amides is 3. The lowest BCUT2D eigenvalue weighted by atomic mass is 9.85. The number of Topliss-reactive ketones (excluding diaryl/α,β-unsaturated/α-hetero) is 1. The van der Waals surface area contributed by atoms with Crippen molar-refractivity contribution < 1.29 is 33.4 Å². The lowest BCUT2D eigenvalue weighted by molar-refractivity contribution is -0.154. The molecular formula is C32H25ClN2O7. The summed E-state index contributed by atoms with van der Waals surface area (Å²) in [5, 5.41) is 1.88. The van der Waals surface area contributed by atoms with E-state index in [0.717, 1.165) is 16.4 Å². The SMILES string of the molecule is COc1cccc(C(=O)Oc2ccc(C(=O)CN(C(=O)c3ccccc3Cl)N3C(=O)[C@H]4[C@H](C3=O)[C@H]3C=C[C@H]4C3)cc2)c1. The quantitative estimate of drug-likeness (QED) is 0.125. The molecule has 1 aliphatic heterocycles. The van der Waals surface area contributed by atoms with Crippen molar-refractivity contribution >= 4 is 41.1 Å². The predicted octanol–water partition coefficient (Wildman–Crippen LogP) is 4.62. The van der Waals surface area contributed by atoms with Gasteiger partial charge in [0.15, 0.2) is 5.78 Å². The Balaban J connectivity index is 1.23. The maximum absolute atomic E-state index is 13.7. The van der Waals surface area contributed by atoms with Gasteiger partial charge in [-0.1, -0.05) is 42.0 Å². The lowest BCUT2D eigenvalue weighted by Crippen LogP contribution is -2.52. The number of allylic oxidation sites excluding steroid dienone is 2. The number of imide groups is 1. The van der Waals surface area contributed by atoms with Crippen LogP contribution in [0.15, 0.2) is 84.9 Å². The van der Waals surface area contributed by atoms with Gasteiger partial charge in [0.25, 0.3) is 17.7 Å². The fourth-order valence-electron chi connectivity index (χ4n) is 5.98. The zero-order chi connectivity index (χ0) is 29.5. The van der Waals surface area contributed by atoms with Crippen LogP contribution in [-0.2, 0) is 9.59 Å². The zero-order valence-electron chi connectivity index (χ0n) is 22.4. The van der Waals surface area contributed by atoms with E-state index in [-0.39, 0.29) is 39.3 Å². The number of nitrogens with zero attached hydrogens (tertiary/aromatic N) is 2. The third-order valence-corrected chi connectivity index (χ3v) is 8.34. The van der Waals surface area contributed by atoms with E-state index in [1.54, 1.807) is 36.4 Å². The molecule has 2 fully saturated rings. The van der Waals surface area contributed by atoms with Gasteiger partial charge in [0.1, 0.15) is 18.0 Å². The summed E-state index contributed by atoms with van der Waals surface area (Å²) in [7, 11) is 1.49. The number of carbonyl (C=O) groups excluding carboxylic acids is 5. The molecule has 0 N–H and O–H groups in total. The van der Waals surface area contributed by atoms with Gasteiger partial charge < -0.3 is 9.47 Å². The predicted molar refractivity (Wildman–Crippen MR) is 151 cm³/mol. The van der Waals surface area contributed by atoms with Crippen molar-refractivity contribution in [3.8, 4) is 11.5 Å². The highest BCUT2D eigenvalue weighted by Gasteiger charge is 2.61. The van der Waals surface area contributed by atoms with Crippen molar-refractivity contribution in [3.05, 3.63) is 107 Å². The van der Waals surface area contributed by atoms with Crippen LogP contribution in [0.4, 0.5) is 0 Å². The van der Waals surface area contributed by atoms with Crippen LogP contribution in [0.5, 0.6) is 11.5 Å². The number of benzene rings is 3. The zero-order valence-corrected chi connectivity index (χ0v) is 23.2. The molecule has 1 heterocycles. The summed E-state index contributed by atoms with van der Waals surface area (Å²) in [6.07, 6.45) is 4.63. The molecule has 1 saturated carbocycles. The molecule has 0 unspecified atom stereocenters. The van der Waals surface area contributed by atoms with E-state index in [1.165, 1.54) is 43.5 Å². The van der Waals surface area contributed by atoms with Gasteiger partial charge in [-0.05, 0) is 72.9 Å². The van der Waals surface area contributed by atoms with Gasteiger partial charge in [-0.2, -0.15) is 5.01 Å². The average Bonchev–Trinajstić information content (AvgIpc) is 3.69. The molecule has 0 spiro atoms. The van der Waals surface area contributed by atoms with Crippen LogP contribution in [0, 0.1) is 23.7 Å². The van der Waals surface area contributed by atoms with Crippen molar-refractivity contribution in [2.45, 2.75) is 6.42 Å². The first-order chi connectivity index (χ1) is 20.3. The van der Waals surface area contributed by atoms with Crippen LogP contribution in [0.25, 0.3) is 0 Å². The molecule has 42 heavy (non-hydrogen) atoms. The van der Waals surface area contributed by atoms with Crippen molar-refractivity contribution in [1.82, 2.24) is 10.0 Å². The van der Waals surface area contributed by atoms with Crippen LogP contribution >= 0.6 is 11.6 Å². The largest absolute Gasteiger partial charge is 0.497 e. The van der Waals surface area contributed by atoms with Gasteiger partial charge in [0.05, 0.1) is 35.1 Å². The molecule has 2 bridgehead atoms. The Kier molecular flexibility index (Phi) is 7.12. The second-order valence-electron chi connectivity index (χ2n) is 10.4. The van der Waals surface area contributed by atoms with Crippen LogP contribution in [-0.4, -0.2) is 53.1 Å². The summed E-state index contributed by atoms with van der Waals surface area (Å²) >= 11 is 6.29. The Labute approximate surface area is 246 Å². The van der Waals surface area contributed by atoms with Gasteiger partial charge in [0, 0.05) is 5.56 Å². The summed E-state index contributed by atoms with van der Waals surface area (Å²) in [6, 6.07) is 18.5. The lowest BCUT2D eigenvalue weighted by Gasteiger charge is -2.31. The highest BCUT2D eigenvalue weighted by Crippen LogP contribution is 2.52. The number of ketones is 1. The minimum atomic E-state index is -0.736. The van der Waals surface area contributed by atoms with Crippen molar-refractivity contribution in [2.24, 2.45) is 23.7 Å². The normalized spacial score (nSPS) is 21.8. The maximum Gasteiger partial charge on any atom is 0.343 e. The third-order valence-electron chi connectivity index (χ3n) is 8.01. The number of halogens is 1. The highest BCUT2D eigenvalue weighted by molar-refractivity contribution is 6.34. The van der Waals surface area contributed by atoms with Crippen molar-refractivity contribution in [3.63, 3.8) is 0 Å². The molecule has 0 radical (unpaired) electrons. The molecule has 3 aliphatic rings. The van der Waals surface area contributed by atoms with Gasteiger partial charge in [0.2, 0.25) is 0 Å². The first kappa shape index (κ1) is 27.4. The van der Waals surface area contributed by atoms with Crippen molar-refractivity contribution in [1.29, 1.82) is 0 Å². The molecule has 3 aromatic rings. The summed E-state index contributed by atoms with van der Waals surface area (Å²) < 4.78 is 10.6. The fraction of sp³-hybridized carbons (Fsp3) is 0.219. The van der Waals surface area contributed by atoms with Crippen LogP contribution in [0.3, 0.4) is 0 Å². The second kappa shape index (κ2) is 10.9. The van der Waals surface area contributed by atoms with E-state index in [1.807, 2.05) is 12.2 Å². The highest BCUT2D eigenvalue weighted by atomic mass is 35.5. The molecular weight excluding hydrogens is 560 g/mol. The number of fused-ring (bicyclic) bond motifs is 5.